The maximum atomic E-state index is 9.04. The topological polar surface area (TPSA) is 45.5 Å². The third-order valence-corrected chi connectivity index (χ3v) is 2.59. The highest BCUT2D eigenvalue weighted by atomic mass is 35.5. The van der Waals surface area contributed by atoms with Crippen LogP contribution in [0.5, 0.6) is 0 Å². The third-order valence-electron chi connectivity index (χ3n) is 2.35. The Morgan fingerprint density at radius 1 is 1.24 bits per heavy atom. The van der Waals surface area contributed by atoms with Gasteiger partial charge in [0.25, 0.3) is 0 Å². The average molecular weight is 247 g/mol. The number of halogens is 1. The summed E-state index contributed by atoms with van der Waals surface area (Å²) in [5.74, 6) is 0. The Morgan fingerprint density at radius 2 is 2.00 bits per heavy atom. The van der Waals surface area contributed by atoms with Crippen LogP contribution in [0.1, 0.15) is 11.3 Å². The molecule has 0 radical (unpaired) electrons. The highest BCUT2D eigenvalue weighted by Gasteiger charge is 2.07. The summed E-state index contributed by atoms with van der Waals surface area (Å²) in [6.07, 6.45) is 2.11. The van der Waals surface area contributed by atoms with Gasteiger partial charge in [0.1, 0.15) is 5.71 Å². The Labute approximate surface area is 104 Å². The van der Waals surface area contributed by atoms with Crippen molar-refractivity contribution in [1.29, 1.82) is 0 Å². The van der Waals surface area contributed by atoms with Crippen LogP contribution < -0.4 is 0 Å². The first-order chi connectivity index (χ1) is 8.29. The van der Waals surface area contributed by atoms with Crippen molar-refractivity contribution in [3.05, 3.63) is 64.9 Å². The average Bonchev–Trinajstić information content (AvgIpc) is 2.37. The van der Waals surface area contributed by atoms with Gasteiger partial charge in [0.15, 0.2) is 0 Å². The van der Waals surface area contributed by atoms with Gasteiger partial charge in [-0.2, -0.15) is 0 Å². The van der Waals surface area contributed by atoms with Crippen molar-refractivity contribution >= 4 is 17.3 Å². The minimum Gasteiger partial charge on any atom is -0.411 e. The smallest absolute Gasteiger partial charge is 0.110 e. The van der Waals surface area contributed by atoms with Gasteiger partial charge in [-0.25, -0.2) is 0 Å². The van der Waals surface area contributed by atoms with E-state index < -0.39 is 0 Å². The SMILES string of the molecule is O/N=C(\Cc1ccccc1)c1cc(Cl)ccn1. The van der Waals surface area contributed by atoms with Crippen molar-refractivity contribution in [1.82, 2.24) is 4.98 Å². The molecule has 0 amide bonds. The standard InChI is InChI=1S/C13H11ClN2O/c14-11-6-7-15-12(9-11)13(16-17)8-10-4-2-1-3-5-10/h1-7,9,17H,8H2/b16-13+. The van der Waals surface area contributed by atoms with Crippen LogP contribution in [0.25, 0.3) is 0 Å². The lowest BCUT2D eigenvalue weighted by Gasteiger charge is -2.04. The quantitative estimate of drug-likeness (QED) is 0.514. The van der Waals surface area contributed by atoms with Gasteiger partial charge in [0.2, 0.25) is 0 Å². The third kappa shape index (κ3) is 3.04. The van der Waals surface area contributed by atoms with Gasteiger partial charge in [-0.3, -0.25) is 4.98 Å². The molecule has 1 aromatic heterocycles. The molecule has 0 saturated carbocycles. The fourth-order valence-electron chi connectivity index (χ4n) is 1.53. The van der Waals surface area contributed by atoms with Gasteiger partial charge >= 0.3 is 0 Å². The first-order valence-corrected chi connectivity index (χ1v) is 5.54. The second kappa shape index (κ2) is 5.46. The van der Waals surface area contributed by atoms with Crippen molar-refractivity contribution < 1.29 is 5.21 Å². The number of aromatic nitrogens is 1. The van der Waals surface area contributed by atoms with Crippen LogP contribution in [0.15, 0.2) is 53.8 Å². The molecule has 0 saturated heterocycles. The van der Waals surface area contributed by atoms with Crippen LogP contribution in [-0.2, 0) is 6.42 Å². The Hall–Kier alpha value is -1.87. The molecule has 2 rings (SSSR count). The molecule has 0 bridgehead atoms. The zero-order valence-corrected chi connectivity index (χ0v) is 9.80. The van der Waals surface area contributed by atoms with E-state index in [2.05, 4.69) is 10.1 Å². The second-order valence-corrected chi connectivity index (χ2v) is 4.00. The second-order valence-electron chi connectivity index (χ2n) is 3.57. The maximum absolute atomic E-state index is 9.04. The number of hydrogen-bond acceptors (Lipinski definition) is 3. The molecule has 4 heteroatoms. The van der Waals surface area contributed by atoms with Crippen molar-refractivity contribution in [3.8, 4) is 0 Å². The Bertz CT molecular complexity index is 526. The fourth-order valence-corrected chi connectivity index (χ4v) is 1.69. The monoisotopic (exact) mass is 246 g/mol. The number of pyridine rings is 1. The van der Waals surface area contributed by atoms with E-state index in [4.69, 9.17) is 16.8 Å². The molecule has 1 aromatic carbocycles. The van der Waals surface area contributed by atoms with E-state index in [0.29, 0.717) is 22.8 Å². The molecule has 0 spiro atoms. The van der Waals surface area contributed by atoms with Gasteiger partial charge in [-0.05, 0) is 17.7 Å². The number of benzene rings is 1. The number of rotatable bonds is 3. The maximum Gasteiger partial charge on any atom is 0.110 e. The largest absolute Gasteiger partial charge is 0.411 e. The molecule has 0 unspecified atom stereocenters. The zero-order valence-electron chi connectivity index (χ0n) is 9.05. The summed E-state index contributed by atoms with van der Waals surface area (Å²) in [5, 5.41) is 12.9. The van der Waals surface area contributed by atoms with Gasteiger partial charge < -0.3 is 5.21 Å². The summed E-state index contributed by atoms with van der Waals surface area (Å²) < 4.78 is 0. The van der Waals surface area contributed by atoms with Gasteiger partial charge in [0.05, 0.1) is 5.69 Å². The molecule has 0 aliphatic rings. The van der Waals surface area contributed by atoms with Gasteiger partial charge in [0, 0.05) is 17.6 Å². The Kier molecular flexibility index (Phi) is 3.73. The lowest BCUT2D eigenvalue weighted by atomic mass is 10.1. The number of hydrogen-bond donors (Lipinski definition) is 1. The van der Waals surface area contributed by atoms with E-state index in [1.165, 1.54) is 0 Å². The molecule has 0 fully saturated rings. The normalized spacial score (nSPS) is 11.5. The minimum atomic E-state index is 0.499. The molecule has 0 aliphatic heterocycles. The molecular formula is C13H11ClN2O. The highest BCUT2D eigenvalue weighted by molar-refractivity contribution is 6.30. The summed E-state index contributed by atoms with van der Waals surface area (Å²) in [7, 11) is 0. The first-order valence-electron chi connectivity index (χ1n) is 5.16. The molecule has 86 valence electrons. The van der Waals surface area contributed by atoms with Crippen LogP contribution in [0.2, 0.25) is 5.02 Å². The Balaban J connectivity index is 2.24. The highest BCUT2D eigenvalue weighted by Crippen LogP contribution is 2.11. The van der Waals surface area contributed by atoms with E-state index in [1.54, 1.807) is 18.3 Å². The Morgan fingerprint density at radius 3 is 2.65 bits per heavy atom. The first kappa shape index (κ1) is 11.6. The predicted molar refractivity (Wildman–Crippen MR) is 67.7 cm³/mol. The summed E-state index contributed by atoms with van der Waals surface area (Å²) >= 11 is 5.87. The number of nitrogens with zero attached hydrogens (tertiary/aromatic N) is 2. The van der Waals surface area contributed by atoms with E-state index in [1.807, 2.05) is 30.3 Å². The molecular weight excluding hydrogens is 236 g/mol. The van der Waals surface area contributed by atoms with E-state index in [0.717, 1.165) is 5.56 Å². The molecule has 0 aliphatic carbocycles. The van der Waals surface area contributed by atoms with E-state index in [-0.39, 0.29) is 0 Å². The summed E-state index contributed by atoms with van der Waals surface area (Å²) in [6, 6.07) is 13.1. The van der Waals surface area contributed by atoms with Crippen LogP contribution in [0.4, 0.5) is 0 Å². The van der Waals surface area contributed by atoms with Crippen LogP contribution in [-0.4, -0.2) is 15.9 Å². The van der Waals surface area contributed by atoms with E-state index in [9.17, 15) is 0 Å². The minimum absolute atomic E-state index is 0.499. The molecule has 0 atom stereocenters. The zero-order chi connectivity index (χ0) is 12.1. The van der Waals surface area contributed by atoms with Crippen molar-refractivity contribution in [2.45, 2.75) is 6.42 Å². The van der Waals surface area contributed by atoms with Gasteiger partial charge in [-0.15, -0.1) is 0 Å². The summed E-state index contributed by atoms with van der Waals surface area (Å²) in [5.41, 5.74) is 2.14. The molecule has 2 aromatic rings. The lowest BCUT2D eigenvalue weighted by Crippen LogP contribution is -2.07. The lowest BCUT2D eigenvalue weighted by molar-refractivity contribution is 0.318. The molecule has 3 nitrogen and oxygen atoms in total. The van der Waals surface area contributed by atoms with Crippen LogP contribution in [0.3, 0.4) is 0 Å². The molecule has 17 heavy (non-hydrogen) atoms. The van der Waals surface area contributed by atoms with Gasteiger partial charge in [-0.1, -0.05) is 47.1 Å². The van der Waals surface area contributed by atoms with E-state index >= 15 is 0 Å². The van der Waals surface area contributed by atoms with Crippen molar-refractivity contribution in [2.75, 3.05) is 0 Å². The predicted octanol–water partition coefficient (Wildman–Crippen LogP) is 3.16. The van der Waals surface area contributed by atoms with Crippen molar-refractivity contribution in [2.24, 2.45) is 5.16 Å². The molecule has 1 heterocycles. The summed E-state index contributed by atoms with van der Waals surface area (Å²) in [4.78, 5) is 4.13. The van der Waals surface area contributed by atoms with Crippen LogP contribution >= 0.6 is 11.6 Å². The summed E-state index contributed by atoms with van der Waals surface area (Å²) in [6.45, 7) is 0. The number of oxime groups is 1. The fraction of sp³-hybridized carbons (Fsp3) is 0.0769. The van der Waals surface area contributed by atoms with Crippen LogP contribution in [0, 0.1) is 0 Å². The molecule has 1 N–H and O–H groups in total. The van der Waals surface area contributed by atoms with Crippen molar-refractivity contribution in [3.63, 3.8) is 0 Å².